The molecule has 0 aromatic carbocycles. The third-order valence-corrected chi connectivity index (χ3v) is 4.37. The van der Waals surface area contributed by atoms with Crippen LogP contribution in [0.25, 0.3) is 0 Å². The Labute approximate surface area is 95.3 Å². The summed E-state index contributed by atoms with van der Waals surface area (Å²) in [4.78, 5) is 11.8. The first-order chi connectivity index (χ1) is 7.63. The number of aryl methyl sites for hydroxylation is 1. The fourth-order valence-electron chi connectivity index (χ4n) is 3.31. The molecule has 2 nitrogen and oxygen atoms in total. The minimum absolute atomic E-state index is 0.0541. The van der Waals surface area contributed by atoms with E-state index in [4.69, 9.17) is 4.42 Å². The van der Waals surface area contributed by atoms with E-state index in [2.05, 4.69) is 6.92 Å². The van der Waals surface area contributed by atoms with E-state index in [1.165, 1.54) is 16.7 Å². The van der Waals surface area contributed by atoms with E-state index in [-0.39, 0.29) is 5.41 Å². The van der Waals surface area contributed by atoms with E-state index in [9.17, 15) is 4.79 Å². The number of furan rings is 1. The largest absolute Gasteiger partial charge is 0.472 e. The van der Waals surface area contributed by atoms with Crippen LogP contribution in [0.15, 0.2) is 28.1 Å². The standard InChI is InChI=1S/C14H16O2/c1-9-11-4-3-10-7-16-8-12(10)14(11,2)6-5-13(9)15/h7-8H,3-6H2,1-2H3. The average molecular weight is 216 g/mol. The van der Waals surface area contributed by atoms with E-state index in [1.54, 1.807) is 0 Å². The monoisotopic (exact) mass is 216 g/mol. The number of Topliss-reactive ketones (excluding diaryl/α,β-unsaturated/α-hetero) is 1. The summed E-state index contributed by atoms with van der Waals surface area (Å²) in [6.45, 7) is 4.24. The molecule has 0 saturated carbocycles. The molecule has 0 saturated heterocycles. The molecule has 84 valence electrons. The Balaban J connectivity index is 2.22. The Kier molecular flexibility index (Phi) is 1.91. The summed E-state index contributed by atoms with van der Waals surface area (Å²) < 4.78 is 5.34. The van der Waals surface area contributed by atoms with Gasteiger partial charge in [-0.2, -0.15) is 0 Å². The Hall–Kier alpha value is -1.31. The topological polar surface area (TPSA) is 30.2 Å². The van der Waals surface area contributed by atoms with Crippen LogP contribution in [0.5, 0.6) is 0 Å². The van der Waals surface area contributed by atoms with Crippen LogP contribution in [0.3, 0.4) is 0 Å². The van der Waals surface area contributed by atoms with Crippen molar-refractivity contribution in [1.29, 1.82) is 0 Å². The fourth-order valence-corrected chi connectivity index (χ4v) is 3.31. The second kappa shape index (κ2) is 3.09. The van der Waals surface area contributed by atoms with Crippen LogP contribution in [0.1, 0.15) is 44.2 Å². The van der Waals surface area contributed by atoms with Gasteiger partial charge in [-0.15, -0.1) is 0 Å². The van der Waals surface area contributed by atoms with E-state index in [1.807, 2.05) is 19.5 Å². The smallest absolute Gasteiger partial charge is 0.158 e. The summed E-state index contributed by atoms with van der Waals surface area (Å²) in [6, 6.07) is 0. The van der Waals surface area contributed by atoms with Gasteiger partial charge in [0.15, 0.2) is 5.78 Å². The normalized spacial score (nSPS) is 29.0. The second-order valence-corrected chi connectivity index (χ2v) is 5.17. The number of hydrogen-bond acceptors (Lipinski definition) is 2. The highest BCUT2D eigenvalue weighted by Gasteiger charge is 2.41. The van der Waals surface area contributed by atoms with Gasteiger partial charge in [-0.3, -0.25) is 4.79 Å². The van der Waals surface area contributed by atoms with Crippen LogP contribution in [0.4, 0.5) is 0 Å². The summed E-state index contributed by atoms with van der Waals surface area (Å²) in [7, 11) is 0. The van der Waals surface area contributed by atoms with Crippen molar-refractivity contribution in [2.75, 3.05) is 0 Å². The molecule has 1 aromatic heterocycles. The van der Waals surface area contributed by atoms with Gasteiger partial charge >= 0.3 is 0 Å². The molecule has 1 atom stereocenters. The lowest BCUT2D eigenvalue weighted by Crippen LogP contribution is -2.35. The molecule has 2 heteroatoms. The van der Waals surface area contributed by atoms with E-state index in [0.29, 0.717) is 12.2 Å². The van der Waals surface area contributed by atoms with E-state index < -0.39 is 0 Å². The number of hydrogen-bond donors (Lipinski definition) is 0. The predicted octanol–water partition coefficient (Wildman–Crippen LogP) is 3.16. The summed E-state index contributed by atoms with van der Waals surface area (Å²) in [5.74, 6) is 0.333. The number of allylic oxidation sites excluding steroid dienone is 2. The zero-order chi connectivity index (χ0) is 11.3. The summed E-state index contributed by atoms with van der Waals surface area (Å²) in [6.07, 6.45) is 7.38. The molecule has 0 radical (unpaired) electrons. The molecule has 0 amide bonds. The van der Waals surface area contributed by atoms with Crippen molar-refractivity contribution in [1.82, 2.24) is 0 Å². The molecule has 1 unspecified atom stereocenters. The molecular weight excluding hydrogens is 200 g/mol. The molecule has 1 heterocycles. The first kappa shape index (κ1) is 9.88. The number of ketones is 1. The van der Waals surface area contributed by atoms with Crippen LogP contribution in [-0.4, -0.2) is 5.78 Å². The summed E-state index contributed by atoms with van der Waals surface area (Å²) in [5.41, 5.74) is 5.03. The third kappa shape index (κ3) is 1.10. The van der Waals surface area contributed by atoms with E-state index in [0.717, 1.165) is 24.8 Å². The van der Waals surface area contributed by atoms with Crippen molar-refractivity contribution in [3.05, 3.63) is 34.8 Å². The number of fused-ring (bicyclic) bond motifs is 3. The molecule has 0 spiro atoms. The number of carbonyl (C=O) groups excluding carboxylic acids is 1. The molecular formula is C14H16O2. The fraction of sp³-hybridized carbons (Fsp3) is 0.500. The highest BCUT2D eigenvalue weighted by Crippen LogP contribution is 2.48. The van der Waals surface area contributed by atoms with Crippen molar-refractivity contribution < 1.29 is 9.21 Å². The van der Waals surface area contributed by atoms with Gasteiger partial charge in [-0.05, 0) is 37.3 Å². The first-order valence-electron chi connectivity index (χ1n) is 5.92. The molecule has 2 aliphatic carbocycles. The van der Waals surface area contributed by atoms with Crippen molar-refractivity contribution >= 4 is 5.78 Å². The maximum absolute atomic E-state index is 11.8. The number of carbonyl (C=O) groups is 1. The lowest BCUT2D eigenvalue weighted by atomic mass is 9.62. The Morgan fingerprint density at radius 3 is 2.88 bits per heavy atom. The second-order valence-electron chi connectivity index (χ2n) is 5.17. The highest BCUT2D eigenvalue weighted by atomic mass is 16.3. The van der Waals surface area contributed by atoms with Crippen LogP contribution in [0, 0.1) is 0 Å². The Morgan fingerprint density at radius 1 is 1.25 bits per heavy atom. The van der Waals surface area contributed by atoms with Crippen molar-refractivity contribution in [3.63, 3.8) is 0 Å². The Bertz CT molecular complexity index is 493. The van der Waals surface area contributed by atoms with Gasteiger partial charge in [0, 0.05) is 17.4 Å². The zero-order valence-electron chi connectivity index (χ0n) is 9.80. The molecule has 0 N–H and O–H groups in total. The van der Waals surface area contributed by atoms with Gasteiger partial charge in [0.05, 0.1) is 12.5 Å². The molecule has 1 aromatic rings. The summed E-state index contributed by atoms with van der Waals surface area (Å²) >= 11 is 0. The van der Waals surface area contributed by atoms with Gasteiger partial charge in [0.1, 0.15) is 0 Å². The van der Waals surface area contributed by atoms with Crippen LogP contribution >= 0.6 is 0 Å². The minimum Gasteiger partial charge on any atom is -0.472 e. The summed E-state index contributed by atoms with van der Waals surface area (Å²) in [5, 5.41) is 0. The van der Waals surface area contributed by atoms with Crippen LogP contribution in [-0.2, 0) is 16.6 Å². The molecule has 2 aliphatic rings. The van der Waals surface area contributed by atoms with Gasteiger partial charge in [0.25, 0.3) is 0 Å². The van der Waals surface area contributed by atoms with Crippen LogP contribution < -0.4 is 0 Å². The maximum Gasteiger partial charge on any atom is 0.158 e. The minimum atomic E-state index is 0.0541. The number of rotatable bonds is 0. The lowest BCUT2D eigenvalue weighted by molar-refractivity contribution is -0.116. The van der Waals surface area contributed by atoms with Gasteiger partial charge in [-0.1, -0.05) is 12.5 Å². The van der Waals surface area contributed by atoms with Crippen molar-refractivity contribution in [3.8, 4) is 0 Å². The van der Waals surface area contributed by atoms with Crippen molar-refractivity contribution in [2.24, 2.45) is 0 Å². The Morgan fingerprint density at radius 2 is 2.06 bits per heavy atom. The lowest BCUT2D eigenvalue weighted by Gasteiger charge is -2.40. The van der Waals surface area contributed by atoms with E-state index >= 15 is 0 Å². The SMILES string of the molecule is CC1=C2CCc3cocc3C2(C)CCC1=O. The maximum atomic E-state index is 11.8. The van der Waals surface area contributed by atoms with Crippen LogP contribution in [0.2, 0.25) is 0 Å². The highest BCUT2D eigenvalue weighted by molar-refractivity contribution is 5.97. The predicted molar refractivity (Wildman–Crippen MR) is 61.3 cm³/mol. The van der Waals surface area contributed by atoms with Crippen molar-refractivity contribution in [2.45, 2.75) is 44.9 Å². The molecule has 0 bridgehead atoms. The molecule has 16 heavy (non-hydrogen) atoms. The third-order valence-electron chi connectivity index (χ3n) is 4.37. The molecule has 3 rings (SSSR count). The van der Waals surface area contributed by atoms with Gasteiger partial charge in [0.2, 0.25) is 0 Å². The molecule has 0 aliphatic heterocycles. The van der Waals surface area contributed by atoms with Gasteiger partial charge in [-0.25, -0.2) is 0 Å². The van der Waals surface area contributed by atoms with Gasteiger partial charge < -0.3 is 4.42 Å². The molecule has 0 fully saturated rings. The zero-order valence-corrected chi connectivity index (χ0v) is 9.80. The average Bonchev–Trinajstić information content (AvgIpc) is 2.73. The first-order valence-corrected chi connectivity index (χ1v) is 5.92. The quantitative estimate of drug-likeness (QED) is 0.666.